The summed E-state index contributed by atoms with van der Waals surface area (Å²) < 4.78 is 2.96. The third-order valence-corrected chi connectivity index (χ3v) is 5.12. The maximum absolute atomic E-state index is 4.86. The van der Waals surface area contributed by atoms with Crippen LogP contribution < -0.4 is 0 Å². The predicted octanol–water partition coefficient (Wildman–Crippen LogP) is 4.54. The van der Waals surface area contributed by atoms with Crippen LogP contribution in [0, 0.1) is 0 Å². The van der Waals surface area contributed by atoms with Crippen LogP contribution in [0.1, 0.15) is 42.5 Å². The molecular weight excluding hydrogens is 402 g/mol. The Hall–Kier alpha value is -2.34. The molecule has 0 atom stereocenters. The molecule has 0 radical (unpaired) electrons. The molecule has 5 nitrogen and oxygen atoms in total. The summed E-state index contributed by atoms with van der Waals surface area (Å²) in [7, 11) is 0. The molecule has 0 saturated carbocycles. The lowest BCUT2D eigenvalue weighted by Gasteiger charge is -2.14. The Balaban J connectivity index is 1.70. The lowest BCUT2D eigenvalue weighted by molar-refractivity contribution is 0.645. The minimum absolute atomic E-state index is 0.625. The summed E-state index contributed by atoms with van der Waals surface area (Å²) in [4.78, 5) is 14.3. The highest BCUT2D eigenvalue weighted by Gasteiger charge is 2.18. The van der Waals surface area contributed by atoms with Gasteiger partial charge >= 0.3 is 0 Å². The van der Waals surface area contributed by atoms with Crippen LogP contribution >= 0.6 is 15.9 Å². The summed E-state index contributed by atoms with van der Waals surface area (Å²) >= 11 is 3.52. The third kappa shape index (κ3) is 4.16. The molecule has 0 N–H and O–H groups in total. The van der Waals surface area contributed by atoms with E-state index in [-0.39, 0.29) is 0 Å². The molecule has 0 bridgehead atoms. The number of hydrogen-bond acceptors (Lipinski definition) is 4. The lowest BCUT2D eigenvalue weighted by Crippen LogP contribution is -2.10. The molecule has 1 aliphatic carbocycles. The second kappa shape index (κ2) is 7.72. The first-order valence-corrected chi connectivity index (χ1v) is 10.1. The second-order valence-electron chi connectivity index (χ2n) is 7.13. The maximum atomic E-state index is 4.86. The van der Waals surface area contributed by atoms with Gasteiger partial charge in [-0.1, -0.05) is 40.2 Å². The van der Waals surface area contributed by atoms with E-state index in [2.05, 4.69) is 39.6 Å². The predicted molar refractivity (Wildman–Crippen MR) is 109 cm³/mol. The average molecular weight is 424 g/mol. The fraction of sp³-hybridized carbons (Fsp3) is 0.333. The van der Waals surface area contributed by atoms with Crippen molar-refractivity contribution in [2.24, 2.45) is 0 Å². The first kappa shape index (κ1) is 18.0. The summed E-state index contributed by atoms with van der Waals surface area (Å²) in [6.45, 7) is 6.65. The molecule has 2 aromatic heterocycles. The van der Waals surface area contributed by atoms with E-state index in [0.29, 0.717) is 13.0 Å². The van der Waals surface area contributed by atoms with Crippen LogP contribution in [0.15, 0.2) is 47.1 Å². The molecule has 6 heteroatoms. The molecule has 2 heterocycles. The van der Waals surface area contributed by atoms with E-state index in [9.17, 15) is 0 Å². The zero-order valence-electron chi connectivity index (χ0n) is 15.5. The molecule has 0 unspecified atom stereocenters. The number of rotatable bonds is 5. The van der Waals surface area contributed by atoms with Crippen molar-refractivity contribution < 1.29 is 0 Å². The zero-order valence-corrected chi connectivity index (χ0v) is 17.0. The fourth-order valence-corrected chi connectivity index (χ4v) is 3.85. The topological polar surface area (TPSA) is 56.5 Å². The van der Waals surface area contributed by atoms with Crippen LogP contribution in [0.25, 0.3) is 11.5 Å². The standard InChI is InChI=1S/C21H22BrN5/c1-14(2)13-27-21(19-12-23-17-8-3-4-9-18(17)24-19)25-20(26-27)11-15-6-5-7-16(22)10-15/h5-7,10,12H,1,3-4,8-9,11,13H2,2H3. The smallest absolute Gasteiger partial charge is 0.178 e. The van der Waals surface area contributed by atoms with Gasteiger partial charge in [-0.25, -0.2) is 14.6 Å². The Morgan fingerprint density at radius 3 is 2.78 bits per heavy atom. The Kier molecular flexibility index (Phi) is 5.16. The van der Waals surface area contributed by atoms with E-state index >= 15 is 0 Å². The van der Waals surface area contributed by atoms with Gasteiger partial charge in [0.1, 0.15) is 5.69 Å². The van der Waals surface area contributed by atoms with Crippen LogP contribution in [0.2, 0.25) is 0 Å². The monoisotopic (exact) mass is 423 g/mol. The minimum atomic E-state index is 0.625. The van der Waals surface area contributed by atoms with Gasteiger partial charge in [-0.05, 0) is 50.3 Å². The normalized spacial score (nSPS) is 13.4. The number of aromatic nitrogens is 5. The number of halogens is 1. The molecule has 0 spiro atoms. The van der Waals surface area contributed by atoms with Gasteiger partial charge in [0.25, 0.3) is 0 Å². The van der Waals surface area contributed by atoms with Gasteiger partial charge in [0, 0.05) is 10.9 Å². The van der Waals surface area contributed by atoms with Gasteiger partial charge in [0.05, 0.1) is 24.1 Å². The summed E-state index contributed by atoms with van der Waals surface area (Å²) in [5.41, 5.74) is 5.23. The van der Waals surface area contributed by atoms with Gasteiger partial charge in [0.2, 0.25) is 0 Å². The van der Waals surface area contributed by atoms with Crippen molar-refractivity contribution in [3.63, 3.8) is 0 Å². The highest BCUT2D eigenvalue weighted by molar-refractivity contribution is 9.10. The second-order valence-corrected chi connectivity index (χ2v) is 8.04. The number of allylic oxidation sites excluding steroid dienone is 1. The number of hydrogen-bond donors (Lipinski definition) is 0. The third-order valence-electron chi connectivity index (χ3n) is 4.62. The van der Waals surface area contributed by atoms with Crippen molar-refractivity contribution in [1.29, 1.82) is 0 Å². The molecule has 0 amide bonds. The maximum Gasteiger partial charge on any atom is 0.178 e. The van der Waals surface area contributed by atoms with E-state index in [1.54, 1.807) is 0 Å². The van der Waals surface area contributed by atoms with Crippen LogP contribution in [-0.4, -0.2) is 24.7 Å². The van der Waals surface area contributed by atoms with Crippen LogP contribution in [-0.2, 0) is 25.8 Å². The number of benzene rings is 1. The van der Waals surface area contributed by atoms with E-state index in [1.807, 2.05) is 29.9 Å². The molecule has 1 aromatic carbocycles. The van der Waals surface area contributed by atoms with Gasteiger partial charge in [-0.15, -0.1) is 0 Å². The van der Waals surface area contributed by atoms with Crippen molar-refractivity contribution in [3.8, 4) is 11.5 Å². The van der Waals surface area contributed by atoms with Crippen molar-refractivity contribution in [3.05, 3.63) is 69.9 Å². The van der Waals surface area contributed by atoms with Gasteiger partial charge in [-0.2, -0.15) is 5.10 Å². The van der Waals surface area contributed by atoms with Crippen LogP contribution in [0.4, 0.5) is 0 Å². The van der Waals surface area contributed by atoms with Crippen molar-refractivity contribution in [2.45, 2.75) is 45.6 Å². The first-order valence-electron chi connectivity index (χ1n) is 9.26. The van der Waals surface area contributed by atoms with E-state index in [0.717, 1.165) is 51.6 Å². The average Bonchev–Trinajstić information content (AvgIpc) is 3.02. The first-order chi connectivity index (χ1) is 13.1. The van der Waals surface area contributed by atoms with Gasteiger partial charge in [-0.3, -0.25) is 4.98 Å². The SMILES string of the molecule is C=C(C)Cn1nc(Cc2cccc(Br)c2)nc1-c1cnc2c(n1)CCCC2. The summed E-state index contributed by atoms with van der Waals surface area (Å²) in [5, 5.41) is 4.73. The molecule has 0 fully saturated rings. The lowest BCUT2D eigenvalue weighted by atomic mass is 10.0. The zero-order chi connectivity index (χ0) is 18.8. The van der Waals surface area contributed by atoms with E-state index < -0.39 is 0 Å². The molecule has 0 saturated heterocycles. The summed E-state index contributed by atoms with van der Waals surface area (Å²) in [6.07, 6.45) is 6.91. The molecule has 138 valence electrons. The molecule has 27 heavy (non-hydrogen) atoms. The quantitative estimate of drug-likeness (QED) is 0.565. The summed E-state index contributed by atoms with van der Waals surface area (Å²) in [6, 6.07) is 8.23. The van der Waals surface area contributed by atoms with Crippen molar-refractivity contribution in [1.82, 2.24) is 24.7 Å². The number of aryl methyl sites for hydroxylation is 2. The van der Waals surface area contributed by atoms with Crippen LogP contribution in [0.3, 0.4) is 0 Å². The Morgan fingerprint density at radius 1 is 1.19 bits per heavy atom. The Bertz CT molecular complexity index is 992. The molecule has 1 aliphatic rings. The van der Waals surface area contributed by atoms with Crippen LogP contribution in [0.5, 0.6) is 0 Å². The number of nitrogens with zero attached hydrogens (tertiary/aromatic N) is 5. The molecule has 4 rings (SSSR count). The molecule has 0 aliphatic heterocycles. The Labute approximate surface area is 167 Å². The van der Waals surface area contributed by atoms with Crippen molar-refractivity contribution >= 4 is 15.9 Å². The highest BCUT2D eigenvalue weighted by Crippen LogP contribution is 2.23. The van der Waals surface area contributed by atoms with Gasteiger partial charge < -0.3 is 0 Å². The highest BCUT2D eigenvalue weighted by atomic mass is 79.9. The van der Waals surface area contributed by atoms with Crippen molar-refractivity contribution in [2.75, 3.05) is 0 Å². The van der Waals surface area contributed by atoms with Gasteiger partial charge in [0.15, 0.2) is 11.6 Å². The van der Waals surface area contributed by atoms with E-state index in [4.69, 9.17) is 15.1 Å². The van der Waals surface area contributed by atoms with E-state index in [1.165, 1.54) is 18.4 Å². The molecule has 3 aromatic rings. The number of fused-ring (bicyclic) bond motifs is 1. The largest absolute Gasteiger partial charge is 0.257 e. The Morgan fingerprint density at radius 2 is 2.00 bits per heavy atom. The molecular formula is C21H22BrN5. The fourth-order valence-electron chi connectivity index (χ4n) is 3.40. The minimum Gasteiger partial charge on any atom is -0.257 e. The summed E-state index contributed by atoms with van der Waals surface area (Å²) in [5.74, 6) is 1.55.